The highest BCUT2D eigenvalue weighted by molar-refractivity contribution is 5.39. The lowest BCUT2D eigenvalue weighted by Crippen LogP contribution is -2.22. The fraction of sp³-hybridized carbons (Fsp3) is 0.471. The van der Waals surface area contributed by atoms with E-state index in [-0.39, 0.29) is 25.6 Å². The average Bonchev–Trinajstić information content (AvgIpc) is 3.02. The largest absolute Gasteiger partial charge is 0.508 e. The summed E-state index contributed by atoms with van der Waals surface area (Å²) >= 11 is 0. The van der Waals surface area contributed by atoms with Gasteiger partial charge in [-0.3, -0.25) is 0 Å². The van der Waals surface area contributed by atoms with E-state index < -0.39 is 12.2 Å². The molecule has 3 aromatic rings. The van der Waals surface area contributed by atoms with Crippen molar-refractivity contribution in [3.05, 3.63) is 94.5 Å². The molecule has 42 heavy (non-hydrogen) atoms. The van der Waals surface area contributed by atoms with Crippen LogP contribution in [0.2, 0.25) is 0 Å². The van der Waals surface area contributed by atoms with Gasteiger partial charge in [0.1, 0.15) is 24.2 Å². The Bertz CT molecular complexity index is 1160. The minimum atomic E-state index is -0.986. The fourth-order valence-corrected chi connectivity index (χ4v) is 4.72. The molecule has 0 aromatic heterocycles. The summed E-state index contributed by atoms with van der Waals surface area (Å²) < 4.78 is 11.5. The Hall–Kier alpha value is -2.98. The first-order chi connectivity index (χ1) is 20.5. The predicted octanol–water partition coefficient (Wildman–Crippen LogP) is 4.71. The van der Waals surface area contributed by atoms with Crippen LogP contribution in [0, 0.1) is 0 Å². The highest BCUT2D eigenvalue weighted by Crippen LogP contribution is 2.27. The van der Waals surface area contributed by atoms with Crippen LogP contribution in [0.25, 0.3) is 0 Å². The van der Waals surface area contributed by atoms with E-state index in [1.54, 1.807) is 24.3 Å². The lowest BCUT2D eigenvalue weighted by Gasteiger charge is -2.18. The molecule has 0 saturated carbocycles. The Labute approximate surface area is 249 Å². The van der Waals surface area contributed by atoms with Crippen LogP contribution in [0.3, 0.4) is 0 Å². The van der Waals surface area contributed by atoms with E-state index in [1.165, 1.54) is 17.7 Å². The van der Waals surface area contributed by atoms with Crippen molar-refractivity contribution in [1.82, 2.24) is 5.32 Å². The maximum atomic E-state index is 10.6. The number of aliphatic hydroxyl groups is 4. The molecule has 2 atom stereocenters. The van der Waals surface area contributed by atoms with Crippen LogP contribution < -0.4 is 10.1 Å². The maximum absolute atomic E-state index is 10.6. The molecule has 0 saturated heterocycles. The first-order valence-corrected chi connectivity index (χ1v) is 15.0. The second kappa shape index (κ2) is 19.3. The van der Waals surface area contributed by atoms with E-state index >= 15 is 0 Å². The van der Waals surface area contributed by atoms with Crippen molar-refractivity contribution in [3.8, 4) is 11.5 Å². The number of unbranched alkanes of at least 4 members (excludes halogenated alkanes) is 4. The normalized spacial score (nSPS) is 12.8. The van der Waals surface area contributed by atoms with Crippen LogP contribution in [0.15, 0.2) is 66.7 Å². The van der Waals surface area contributed by atoms with Crippen molar-refractivity contribution in [1.29, 1.82) is 0 Å². The number of aliphatic hydroxyl groups excluding tert-OH is 4. The molecular formula is C34H47NO7. The second-order valence-electron chi connectivity index (χ2n) is 10.6. The Morgan fingerprint density at radius 1 is 0.690 bits per heavy atom. The smallest absolute Gasteiger partial charge is 0.124 e. The zero-order valence-electron chi connectivity index (χ0n) is 24.5. The van der Waals surface area contributed by atoms with Gasteiger partial charge in [-0.2, -0.15) is 0 Å². The molecule has 8 heteroatoms. The van der Waals surface area contributed by atoms with Gasteiger partial charge in [-0.15, -0.1) is 0 Å². The van der Waals surface area contributed by atoms with Crippen molar-refractivity contribution < 1.29 is 35.0 Å². The number of ether oxygens (including phenoxy) is 2. The molecule has 0 aliphatic heterocycles. The van der Waals surface area contributed by atoms with Gasteiger partial charge in [0.15, 0.2) is 0 Å². The Morgan fingerprint density at radius 2 is 1.36 bits per heavy atom. The lowest BCUT2D eigenvalue weighted by atomic mass is 10.0. The van der Waals surface area contributed by atoms with Gasteiger partial charge < -0.3 is 40.3 Å². The summed E-state index contributed by atoms with van der Waals surface area (Å²) in [6.07, 6.45) is 5.97. The van der Waals surface area contributed by atoms with Gasteiger partial charge in [0, 0.05) is 30.9 Å². The summed E-state index contributed by atoms with van der Waals surface area (Å²) in [7, 11) is 0. The van der Waals surface area contributed by atoms with Crippen LogP contribution in [0.1, 0.15) is 78.6 Å². The lowest BCUT2D eigenvalue weighted by molar-refractivity contribution is 0.106. The van der Waals surface area contributed by atoms with Crippen molar-refractivity contribution in [2.75, 3.05) is 32.9 Å². The number of aromatic hydroxyl groups is 1. The van der Waals surface area contributed by atoms with E-state index in [0.717, 1.165) is 64.7 Å². The summed E-state index contributed by atoms with van der Waals surface area (Å²) in [4.78, 5) is 0. The molecule has 0 fully saturated rings. The molecule has 0 spiro atoms. The fourth-order valence-electron chi connectivity index (χ4n) is 4.72. The monoisotopic (exact) mass is 581 g/mol. The van der Waals surface area contributed by atoms with Gasteiger partial charge in [-0.1, -0.05) is 55.3 Å². The first kappa shape index (κ1) is 33.5. The van der Waals surface area contributed by atoms with Crippen molar-refractivity contribution in [2.45, 2.75) is 70.4 Å². The van der Waals surface area contributed by atoms with Crippen LogP contribution in [-0.4, -0.2) is 58.4 Å². The number of nitrogens with one attached hydrogen (secondary N) is 1. The Kier molecular flexibility index (Phi) is 15.4. The zero-order chi connectivity index (χ0) is 30.0. The van der Waals surface area contributed by atoms with Crippen LogP contribution in [0.5, 0.6) is 11.5 Å². The number of benzene rings is 3. The molecule has 6 N–H and O–H groups in total. The van der Waals surface area contributed by atoms with Crippen LogP contribution >= 0.6 is 0 Å². The van der Waals surface area contributed by atoms with Crippen molar-refractivity contribution >= 4 is 0 Å². The zero-order valence-corrected chi connectivity index (χ0v) is 24.5. The third kappa shape index (κ3) is 11.7. The molecule has 8 nitrogen and oxygen atoms in total. The molecule has 0 heterocycles. The molecule has 3 aromatic carbocycles. The number of phenols is 1. The highest BCUT2D eigenvalue weighted by atomic mass is 16.5. The van der Waals surface area contributed by atoms with Gasteiger partial charge in [0.05, 0.1) is 19.3 Å². The van der Waals surface area contributed by atoms with E-state index in [9.17, 15) is 25.5 Å². The standard InChI is InChI=1S/C34H47NO7/c36-23-29-20-28(13-15-31(29)38)33(40)25-42-34-16-14-27(21-30(34)24-37)32(39)22-35-17-7-1-2-8-18-41-19-9-6-12-26-10-4-3-5-11-26/h3-5,10-11,13-16,20-21,32-33,35-40H,1-2,6-9,12,17-19,22-25H2/t32-,33-/m1/s1. The second-order valence-corrected chi connectivity index (χ2v) is 10.6. The summed E-state index contributed by atoms with van der Waals surface area (Å²) in [6.45, 7) is 2.17. The summed E-state index contributed by atoms with van der Waals surface area (Å²) in [6, 6.07) is 20.2. The third-order valence-electron chi connectivity index (χ3n) is 7.27. The number of hydrogen-bond donors (Lipinski definition) is 6. The Balaban J connectivity index is 1.25. The van der Waals surface area contributed by atoms with Gasteiger partial charge >= 0.3 is 0 Å². The van der Waals surface area contributed by atoms with Gasteiger partial charge in [0.25, 0.3) is 0 Å². The first-order valence-electron chi connectivity index (χ1n) is 15.0. The highest BCUT2D eigenvalue weighted by Gasteiger charge is 2.15. The summed E-state index contributed by atoms with van der Waals surface area (Å²) in [5.41, 5.74) is 3.39. The SMILES string of the molecule is OCc1cc([C@H](O)COc2ccc([C@H](O)CNCCCCCCOCCCCc3ccccc3)cc2CO)ccc1O. The summed E-state index contributed by atoms with van der Waals surface area (Å²) in [5.74, 6) is 0.375. The summed E-state index contributed by atoms with van der Waals surface area (Å²) in [5, 5.41) is 53.2. The molecule has 0 radical (unpaired) electrons. The molecule has 230 valence electrons. The maximum Gasteiger partial charge on any atom is 0.124 e. The van der Waals surface area contributed by atoms with Crippen LogP contribution in [0.4, 0.5) is 0 Å². The van der Waals surface area contributed by atoms with Gasteiger partial charge in [0.2, 0.25) is 0 Å². The Morgan fingerprint density at radius 3 is 2.12 bits per heavy atom. The van der Waals surface area contributed by atoms with Crippen molar-refractivity contribution in [3.63, 3.8) is 0 Å². The third-order valence-corrected chi connectivity index (χ3v) is 7.27. The van der Waals surface area contributed by atoms with E-state index in [4.69, 9.17) is 9.47 Å². The average molecular weight is 582 g/mol. The van der Waals surface area contributed by atoms with Crippen LogP contribution in [-0.2, 0) is 24.4 Å². The molecule has 0 aliphatic rings. The molecular weight excluding hydrogens is 534 g/mol. The number of hydrogen-bond acceptors (Lipinski definition) is 8. The minimum absolute atomic E-state index is 0.0395. The van der Waals surface area contributed by atoms with E-state index in [2.05, 4.69) is 29.6 Å². The number of aryl methyl sites for hydroxylation is 1. The predicted molar refractivity (Wildman–Crippen MR) is 163 cm³/mol. The van der Waals surface area contributed by atoms with Gasteiger partial charge in [-0.05, 0) is 79.6 Å². The molecule has 0 bridgehead atoms. The minimum Gasteiger partial charge on any atom is -0.508 e. The quantitative estimate of drug-likeness (QED) is 0.0998. The molecule has 0 aliphatic carbocycles. The van der Waals surface area contributed by atoms with E-state index in [1.807, 2.05) is 6.07 Å². The van der Waals surface area contributed by atoms with E-state index in [0.29, 0.717) is 34.5 Å². The number of rotatable bonds is 21. The topological polar surface area (TPSA) is 132 Å². The molecule has 3 rings (SSSR count). The van der Waals surface area contributed by atoms with Gasteiger partial charge in [-0.25, -0.2) is 0 Å². The molecule has 0 unspecified atom stereocenters. The van der Waals surface area contributed by atoms with Crippen molar-refractivity contribution in [2.24, 2.45) is 0 Å². The molecule has 0 amide bonds.